The van der Waals surface area contributed by atoms with Crippen molar-refractivity contribution in [3.63, 3.8) is 0 Å². The second-order valence-electron chi connectivity index (χ2n) is 12.7. The van der Waals surface area contributed by atoms with E-state index < -0.39 is 11.6 Å². The number of aryl methyl sites for hydroxylation is 3. The van der Waals surface area contributed by atoms with Crippen molar-refractivity contribution in [2.45, 2.75) is 66.0 Å². The van der Waals surface area contributed by atoms with E-state index in [2.05, 4.69) is 53.9 Å². The predicted octanol–water partition coefficient (Wildman–Crippen LogP) is 9.11. The summed E-state index contributed by atoms with van der Waals surface area (Å²) in [5.41, 5.74) is 0.995. The molecule has 0 N–H and O–H groups in total. The van der Waals surface area contributed by atoms with Gasteiger partial charge in [-0.15, -0.1) is 5.10 Å². The molecule has 1 saturated carbocycles. The summed E-state index contributed by atoms with van der Waals surface area (Å²) in [5, 5.41) is 8.91. The second kappa shape index (κ2) is 16.6. The zero-order chi connectivity index (χ0) is 36.1. The fourth-order valence-corrected chi connectivity index (χ4v) is 7.28. The van der Waals surface area contributed by atoms with E-state index in [1.54, 1.807) is 21.8 Å². The standard InChI is InChI=1S/C24H28ClFN6O.C11H10BrClFN3O/c1-3-8-32-24(33-18-6-7-21(26)20(25)10-18)29-22(30-32)11-19-16-4-5-17(19)13-31(12-16)23-9-15(2)27-14-28-23;1-2-5-17-11(15-10(12)16-17)18-7-3-4-9(14)8(13)6-7/h6-7,9-10,14,16-17,19H,3-5,8,11-13H2,1-2H3;3-4,6H,2,5H2,1H3/t16-,17+,19?;. The van der Waals surface area contributed by atoms with Gasteiger partial charge in [0.1, 0.15) is 35.3 Å². The summed E-state index contributed by atoms with van der Waals surface area (Å²) in [6.07, 6.45) is 6.75. The Morgan fingerprint density at radius 3 is 1.92 bits per heavy atom. The molecule has 4 heterocycles. The first-order valence-corrected chi connectivity index (χ1v) is 18.5. The van der Waals surface area contributed by atoms with Gasteiger partial charge in [0.05, 0.1) is 10.0 Å². The van der Waals surface area contributed by atoms with Gasteiger partial charge >= 0.3 is 12.0 Å². The van der Waals surface area contributed by atoms with Crippen LogP contribution in [-0.2, 0) is 19.5 Å². The molecule has 2 fully saturated rings. The maximum atomic E-state index is 13.5. The van der Waals surface area contributed by atoms with E-state index in [4.69, 9.17) is 42.8 Å². The van der Waals surface area contributed by atoms with Crippen LogP contribution in [0.3, 0.4) is 0 Å². The first-order valence-electron chi connectivity index (χ1n) is 16.9. The summed E-state index contributed by atoms with van der Waals surface area (Å²) >= 11 is 14.8. The van der Waals surface area contributed by atoms with Crippen molar-refractivity contribution in [3.8, 4) is 23.5 Å². The minimum Gasteiger partial charge on any atom is -0.424 e. The number of anilines is 1. The minimum absolute atomic E-state index is 0.00752. The first-order chi connectivity index (χ1) is 24.6. The van der Waals surface area contributed by atoms with Gasteiger partial charge in [-0.1, -0.05) is 37.0 Å². The van der Waals surface area contributed by atoms with Crippen LogP contribution in [0.15, 0.2) is 53.5 Å². The maximum absolute atomic E-state index is 13.5. The third-order valence-electron chi connectivity index (χ3n) is 8.93. The Labute approximate surface area is 313 Å². The molecule has 0 radical (unpaired) electrons. The zero-order valence-corrected chi connectivity index (χ0v) is 31.5. The molecule has 1 saturated heterocycles. The van der Waals surface area contributed by atoms with Gasteiger partial charge in [-0.25, -0.2) is 28.1 Å². The number of piperidine rings is 1. The number of fused-ring (bicyclic) bond motifs is 2. The Kier molecular flexibility index (Phi) is 12.0. The molecule has 270 valence electrons. The molecule has 16 heteroatoms. The lowest BCUT2D eigenvalue weighted by atomic mass is 9.82. The molecular formula is C35H38BrCl2F2N9O2. The largest absolute Gasteiger partial charge is 0.424 e. The molecule has 51 heavy (non-hydrogen) atoms. The van der Waals surface area contributed by atoms with E-state index in [0.29, 0.717) is 59.1 Å². The predicted molar refractivity (Wildman–Crippen MR) is 194 cm³/mol. The Morgan fingerprint density at radius 1 is 0.804 bits per heavy atom. The van der Waals surface area contributed by atoms with Gasteiger partial charge in [-0.3, -0.25) is 0 Å². The molecule has 7 rings (SSSR count). The molecule has 11 nitrogen and oxygen atoms in total. The highest BCUT2D eigenvalue weighted by molar-refractivity contribution is 9.10. The molecule has 1 unspecified atom stereocenters. The van der Waals surface area contributed by atoms with Crippen molar-refractivity contribution in [1.29, 1.82) is 0 Å². The zero-order valence-electron chi connectivity index (χ0n) is 28.4. The smallest absolute Gasteiger partial charge is 0.321 e. The number of rotatable bonds is 11. The van der Waals surface area contributed by atoms with Gasteiger partial charge < -0.3 is 14.4 Å². The molecule has 3 aromatic heterocycles. The Bertz CT molecular complexity index is 1950. The van der Waals surface area contributed by atoms with Gasteiger partial charge in [0.25, 0.3) is 0 Å². The van der Waals surface area contributed by atoms with Crippen molar-refractivity contribution in [2.75, 3.05) is 18.0 Å². The van der Waals surface area contributed by atoms with Crippen LogP contribution in [0.1, 0.15) is 51.0 Å². The van der Waals surface area contributed by atoms with Crippen LogP contribution < -0.4 is 14.4 Å². The number of hydrogen-bond acceptors (Lipinski definition) is 9. The van der Waals surface area contributed by atoms with Crippen LogP contribution in [0.2, 0.25) is 10.0 Å². The lowest BCUT2D eigenvalue weighted by molar-refractivity contribution is 0.264. The number of aromatic nitrogens is 8. The van der Waals surface area contributed by atoms with Gasteiger partial charge in [-0.2, -0.15) is 15.1 Å². The summed E-state index contributed by atoms with van der Waals surface area (Å²) in [6, 6.07) is 11.3. The lowest BCUT2D eigenvalue weighted by Gasteiger charge is -2.38. The summed E-state index contributed by atoms with van der Waals surface area (Å²) < 4.78 is 41.9. The normalized spacial score (nSPS) is 18.0. The Hall–Kier alpha value is -3.88. The van der Waals surface area contributed by atoms with Crippen molar-refractivity contribution in [3.05, 3.63) is 86.7 Å². The molecule has 2 bridgehead atoms. The van der Waals surface area contributed by atoms with Crippen molar-refractivity contribution in [1.82, 2.24) is 39.5 Å². The molecule has 0 spiro atoms. The Morgan fingerprint density at radius 2 is 1.37 bits per heavy atom. The molecule has 3 atom stereocenters. The number of benzene rings is 2. The average molecular weight is 806 g/mol. The average Bonchev–Trinajstić information content (AvgIpc) is 3.71. The SMILES string of the molecule is CCCn1nc(Br)nc1Oc1ccc(F)c(Cl)c1.CCCn1nc(CC2[C@@H]3CC[C@H]2CN(c2cc(C)ncn2)C3)nc1Oc1ccc(F)c(Cl)c1. The van der Waals surface area contributed by atoms with E-state index in [1.165, 1.54) is 43.2 Å². The number of halogens is 5. The summed E-state index contributed by atoms with van der Waals surface area (Å²) in [4.78, 5) is 19.9. The summed E-state index contributed by atoms with van der Waals surface area (Å²) in [6.45, 7) is 9.51. The first kappa shape index (κ1) is 36.9. The lowest BCUT2D eigenvalue weighted by Crippen LogP contribution is -2.43. The third kappa shape index (κ3) is 9.14. The summed E-state index contributed by atoms with van der Waals surface area (Å²) in [5.74, 6) is 3.48. The van der Waals surface area contributed by atoms with Crippen molar-refractivity contribution in [2.24, 2.45) is 17.8 Å². The van der Waals surface area contributed by atoms with Gasteiger partial charge in [0.15, 0.2) is 5.82 Å². The van der Waals surface area contributed by atoms with E-state index in [0.717, 1.165) is 49.7 Å². The van der Waals surface area contributed by atoms with Gasteiger partial charge in [0, 0.05) is 56.5 Å². The fraction of sp³-hybridized carbons (Fsp3) is 0.429. The van der Waals surface area contributed by atoms with E-state index in [-0.39, 0.29) is 10.0 Å². The molecule has 0 amide bonds. The van der Waals surface area contributed by atoms with E-state index in [1.807, 2.05) is 13.8 Å². The second-order valence-corrected chi connectivity index (χ2v) is 14.2. The molecule has 2 aromatic carbocycles. The Balaban J connectivity index is 0.000000211. The summed E-state index contributed by atoms with van der Waals surface area (Å²) in [7, 11) is 0. The molecule has 5 aromatic rings. The highest BCUT2D eigenvalue weighted by atomic mass is 79.9. The van der Waals surface area contributed by atoms with Gasteiger partial charge in [-0.05, 0) is 90.6 Å². The van der Waals surface area contributed by atoms with Crippen LogP contribution in [0.5, 0.6) is 23.5 Å². The highest BCUT2D eigenvalue weighted by Gasteiger charge is 2.43. The van der Waals surface area contributed by atoms with E-state index in [9.17, 15) is 8.78 Å². The molecular weight excluding hydrogens is 767 g/mol. The number of nitrogens with zero attached hydrogens (tertiary/aromatic N) is 9. The maximum Gasteiger partial charge on any atom is 0.321 e. The fourth-order valence-electron chi connectivity index (χ4n) is 6.60. The van der Waals surface area contributed by atoms with Crippen molar-refractivity contribution < 1.29 is 18.3 Å². The van der Waals surface area contributed by atoms with Crippen LogP contribution in [-0.4, -0.2) is 52.6 Å². The molecule has 1 aliphatic heterocycles. The third-order valence-corrected chi connectivity index (χ3v) is 9.84. The number of ether oxygens (including phenoxy) is 2. The highest BCUT2D eigenvalue weighted by Crippen LogP contribution is 2.44. The topological polar surface area (TPSA) is 109 Å². The minimum atomic E-state index is -0.486. The van der Waals surface area contributed by atoms with Crippen LogP contribution in [0.25, 0.3) is 0 Å². The van der Waals surface area contributed by atoms with E-state index >= 15 is 0 Å². The molecule has 2 aliphatic rings. The monoisotopic (exact) mass is 803 g/mol. The molecule has 1 aliphatic carbocycles. The quantitative estimate of drug-likeness (QED) is 0.129. The van der Waals surface area contributed by atoms with Crippen LogP contribution >= 0.6 is 39.1 Å². The van der Waals surface area contributed by atoms with Gasteiger partial charge in [0.2, 0.25) is 4.73 Å². The van der Waals surface area contributed by atoms with Crippen molar-refractivity contribution >= 4 is 44.9 Å². The number of hydrogen-bond donors (Lipinski definition) is 0. The van der Waals surface area contributed by atoms with Crippen LogP contribution in [0, 0.1) is 36.3 Å². The van der Waals surface area contributed by atoms with Crippen LogP contribution in [0.4, 0.5) is 14.6 Å².